The van der Waals surface area contributed by atoms with Crippen LogP contribution in [0, 0.1) is 0 Å². The molecule has 1 saturated carbocycles. The topological polar surface area (TPSA) is 17.1 Å². The van der Waals surface area contributed by atoms with E-state index in [1.165, 1.54) is 31.2 Å². The molecular weight excluding hydrogens is 276 g/mol. The van der Waals surface area contributed by atoms with Crippen LogP contribution in [-0.4, -0.2) is 16.8 Å². The zero-order valence-electron chi connectivity index (χ0n) is 12.1. The van der Waals surface area contributed by atoms with Gasteiger partial charge in [-0.05, 0) is 24.0 Å². The molecule has 1 aliphatic rings. The summed E-state index contributed by atoms with van der Waals surface area (Å²) in [5, 5.41) is 0.706. The first-order valence-corrected chi connectivity index (χ1v) is 8.68. The number of carbonyl (C=O) groups is 1. The second-order valence-corrected chi connectivity index (χ2v) is 6.87. The molecule has 1 nitrogen and oxygen atoms in total. The van der Waals surface area contributed by atoms with Crippen LogP contribution in [0.2, 0.25) is 0 Å². The van der Waals surface area contributed by atoms with Gasteiger partial charge >= 0.3 is 0 Å². The van der Waals surface area contributed by atoms with Gasteiger partial charge in [0.1, 0.15) is 0 Å². The third kappa shape index (κ3) is 3.76. The first-order valence-electron chi connectivity index (χ1n) is 7.63. The largest absolute Gasteiger partial charge is 0.293 e. The Morgan fingerprint density at radius 3 is 2.19 bits per heavy atom. The Kier molecular flexibility index (Phi) is 4.76. The average molecular weight is 296 g/mol. The Balaban J connectivity index is 1.62. The lowest BCUT2D eigenvalue weighted by molar-refractivity contribution is 0.102. The monoisotopic (exact) mass is 296 g/mol. The van der Waals surface area contributed by atoms with E-state index in [1.807, 2.05) is 54.2 Å². The molecule has 2 aromatic carbocycles. The van der Waals surface area contributed by atoms with Gasteiger partial charge in [-0.15, -0.1) is 0 Å². The molecule has 0 amide bonds. The van der Waals surface area contributed by atoms with Gasteiger partial charge in [0.15, 0.2) is 5.78 Å². The minimum absolute atomic E-state index is 0.256. The summed E-state index contributed by atoms with van der Waals surface area (Å²) in [4.78, 5) is 12.2. The van der Waals surface area contributed by atoms with Crippen molar-refractivity contribution in [2.24, 2.45) is 0 Å². The summed E-state index contributed by atoms with van der Waals surface area (Å²) < 4.78 is 0. The number of rotatable bonds is 5. The lowest BCUT2D eigenvalue weighted by Crippen LogP contribution is -2.06. The molecule has 21 heavy (non-hydrogen) atoms. The Labute approximate surface area is 130 Å². The molecule has 1 fully saturated rings. The normalized spacial score (nSPS) is 15.2. The maximum atomic E-state index is 12.2. The number of ketones is 1. The van der Waals surface area contributed by atoms with Crippen molar-refractivity contribution in [2.45, 2.75) is 30.9 Å². The Bertz CT molecular complexity index is 583. The van der Waals surface area contributed by atoms with Gasteiger partial charge in [-0.25, -0.2) is 0 Å². The molecular formula is C19H20OS. The molecule has 0 saturated heterocycles. The van der Waals surface area contributed by atoms with Crippen molar-refractivity contribution >= 4 is 17.5 Å². The van der Waals surface area contributed by atoms with Gasteiger partial charge in [-0.3, -0.25) is 4.79 Å². The minimum atomic E-state index is 0.256. The van der Waals surface area contributed by atoms with Crippen LogP contribution in [0.15, 0.2) is 54.6 Å². The highest BCUT2D eigenvalue weighted by molar-refractivity contribution is 8.00. The second kappa shape index (κ2) is 6.95. The fourth-order valence-electron chi connectivity index (χ4n) is 2.81. The van der Waals surface area contributed by atoms with Gasteiger partial charge in [0.2, 0.25) is 0 Å². The van der Waals surface area contributed by atoms with Gasteiger partial charge in [0.25, 0.3) is 0 Å². The van der Waals surface area contributed by atoms with Crippen molar-refractivity contribution in [2.75, 3.05) is 5.75 Å². The molecule has 0 atom stereocenters. The van der Waals surface area contributed by atoms with Crippen molar-refractivity contribution in [1.82, 2.24) is 0 Å². The van der Waals surface area contributed by atoms with Crippen molar-refractivity contribution < 1.29 is 4.79 Å². The fraction of sp³-hybridized carbons (Fsp3) is 0.316. The predicted molar refractivity (Wildman–Crippen MR) is 90.9 cm³/mol. The van der Waals surface area contributed by atoms with Gasteiger partial charge in [-0.1, -0.05) is 67.4 Å². The Morgan fingerprint density at radius 1 is 0.905 bits per heavy atom. The van der Waals surface area contributed by atoms with Crippen LogP contribution in [-0.2, 0) is 0 Å². The third-order valence-corrected chi connectivity index (χ3v) is 5.44. The van der Waals surface area contributed by atoms with Gasteiger partial charge in [0.05, 0.1) is 5.75 Å². The summed E-state index contributed by atoms with van der Waals surface area (Å²) in [5.74, 6) is 0.876. The highest BCUT2D eigenvalue weighted by Gasteiger charge is 2.17. The van der Waals surface area contributed by atoms with E-state index in [0.717, 1.165) is 11.1 Å². The van der Waals surface area contributed by atoms with Gasteiger partial charge in [-0.2, -0.15) is 11.8 Å². The van der Waals surface area contributed by atoms with Crippen LogP contribution >= 0.6 is 11.8 Å². The number of thioether (sulfide) groups is 1. The zero-order valence-corrected chi connectivity index (χ0v) is 12.9. The lowest BCUT2D eigenvalue weighted by Gasteiger charge is -2.08. The van der Waals surface area contributed by atoms with E-state index in [1.54, 1.807) is 0 Å². The third-order valence-electron chi connectivity index (χ3n) is 4.07. The summed E-state index contributed by atoms with van der Waals surface area (Å²) in [5.41, 5.74) is 3.19. The summed E-state index contributed by atoms with van der Waals surface area (Å²) in [6.45, 7) is 0. The van der Waals surface area contributed by atoms with Crippen molar-refractivity contribution in [1.29, 1.82) is 0 Å². The summed E-state index contributed by atoms with van der Waals surface area (Å²) >= 11 is 1.84. The fourth-order valence-corrected chi connectivity index (χ4v) is 4.03. The lowest BCUT2D eigenvalue weighted by atomic mass is 10.0. The van der Waals surface area contributed by atoms with Crippen LogP contribution in [0.3, 0.4) is 0 Å². The van der Waals surface area contributed by atoms with Crippen LogP contribution in [0.25, 0.3) is 11.1 Å². The van der Waals surface area contributed by atoms with Crippen LogP contribution in [0.1, 0.15) is 36.0 Å². The van der Waals surface area contributed by atoms with Crippen molar-refractivity contribution in [3.8, 4) is 11.1 Å². The molecule has 1 aliphatic carbocycles. The molecule has 0 unspecified atom stereocenters. The van der Waals surface area contributed by atoms with E-state index in [9.17, 15) is 4.79 Å². The molecule has 2 aromatic rings. The summed E-state index contributed by atoms with van der Waals surface area (Å²) in [6.07, 6.45) is 5.23. The molecule has 0 aromatic heterocycles. The molecule has 0 spiro atoms. The van der Waals surface area contributed by atoms with E-state index in [2.05, 4.69) is 12.1 Å². The van der Waals surface area contributed by atoms with Crippen molar-refractivity contribution in [3.63, 3.8) is 0 Å². The zero-order chi connectivity index (χ0) is 14.5. The molecule has 2 heteroatoms. The predicted octanol–water partition coefficient (Wildman–Crippen LogP) is 5.21. The van der Waals surface area contributed by atoms with Gasteiger partial charge in [0, 0.05) is 10.8 Å². The maximum Gasteiger partial charge on any atom is 0.172 e. The molecule has 0 radical (unpaired) electrons. The van der Waals surface area contributed by atoms with Crippen LogP contribution in [0.5, 0.6) is 0 Å². The molecule has 0 aliphatic heterocycles. The summed E-state index contributed by atoms with van der Waals surface area (Å²) in [6, 6.07) is 18.3. The number of hydrogen-bond donors (Lipinski definition) is 0. The molecule has 3 rings (SSSR count). The van der Waals surface area contributed by atoms with E-state index in [0.29, 0.717) is 11.0 Å². The van der Waals surface area contributed by atoms with Crippen LogP contribution in [0.4, 0.5) is 0 Å². The first kappa shape index (κ1) is 14.4. The first-order chi connectivity index (χ1) is 10.3. The standard InChI is InChI=1S/C19H20OS/c20-19(14-21-18-8-4-5-9-18)17-12-10-16(11-13-17)15-6-2-1-3-7-15/h1-3,6-7,10-13,18H,4-5,8-9,14H2. The highest BCUT2D eigenvalue weighted by atomic mass is 32.2. The number of hydrogen-bond acceptors (Lipinski definition) is 2. The van der Waals surface area contributed by atoms with E-state index >= 15 is 0 Å². The van der Waals surface area contributed by atoms with E-state index in [-0.39, 0.29) is 5.78 Å². The van der Waals surface area contributed by atoms with E-state index < -0.39 is 0 Å². The quantitative estimate of drug-likeness (QED) is 0.704. The molecule has 108 valence electrons. The van der Waals surface area contributed by atoms with Crippen LogP contribution < -0.4 is 0 Å². The molecule has 0 heterocycles. The number of Topliss-reactive ketones (excluding diaryl/α,β-unsaturated/α-hetero) is 1. The average Bonchev–Trinajstić information content (AvgIpc) is 3.07. The highest BCUT2D eigenvalue weighted by Crippen LogP contribution is 2.30. The molecule has 0 N–H and O–H groups in total. The SMILES string of the molecule is O=C(CSC1CCCC1)c1ccc(-c2ccccc2)cc1. The second-order valence-electron chi connectivity index (χ2n) is 5.58. The van der Waals surface area contributed by atoms with E-state index in [4.69, 9.17) is 0 Å². The maximum absolute atomic E-state index is 12.2. The molecule has 0 bridgehead atoms. The summed E-state index contributed by atoms with van der Waals surface area (Å²) in [7, 11) is 0. The number of benzene rings is 2. The smallest absolute Gasteiger partial charge is 0.172 e. The Morgan fingerprint density at radius 2 is 1.52 bits per heavy atom. The van der Waals surface area contributed by atoms with Crippen molar-refractivity contribution in [3.05, 3.63) is 60.2 Å². The minimum Gasteiger partial charge on any atom is -0.293 e. The van der Waals surface area contributed by atoms with Gasteiger partial charge < -0.3 is 0 Å². The Hall–Kier alpha value is -1.54. The number of carbonyl (C=O) groups excluding carboxylic acids is 1.